The second-order valence-corrected chi connectivity index (χ2v) is 6.60. The van der Waals surface area contributed by atoms with Gasteiger partial charge in [0.1, 0.15) is 12.7 Å². The molecule has 0 saturated carbocycles. The average Bonchev–Trinajstić information content (AvgIpc) is 3.31. The van der Waals surface area contributed by atoms with Gasteiger partial charge in [-0.25, -0.2) is 0 Å². The minimum absolute atomic E-state index is 0.0242. The molecule has 27 heavy (non-hydrogen) atoms. The number of amides is 1. The van der Waals surface area contributed by atoms with Crippen molar-refractivity contribution >= 4 is 22.5 Å². The lowest BCUT2D eigenvalue weighted by Crippen LogP contribution is -2.11. The van der Waals surface area contributed by atoms with Crippen LogP contribution in [0.3, 0.4) is 0 Å². The van der Waals surface area contributed by atoms with Gasteiger partial charge in [-0.3, -0.25) is 9.36 Å². The number of fused-ring (bicyclic) bond motifs is 1. The van der Waals surface area contributed by atoms with E-state index in [0.29, 0.717) is 6.42 Å². The van der Waals surface area contributed by atoms with Crippen molar-refractivity contribution in [3.8, 4) is 5.69 Å². The molecule has 0 fully saturated rings. The van der Waals surface area contributed by atoms with Crippen LogP contribution in [0.25, 0.3) is 16.6 Å². The summed E-state index contributed by atoms with van der Waals surface area (Å²) in [6.45, 7) is 0. The van der Waals surface area contributed by atoms with Crippen molar-refractivity contribution in [3.63, 3.8) is 0 Å². The van der Waals surface area contributed by atoms with E-state index in [9.17, 15) is 4.79 Å². The molecule has 4 aromatic rings. The van der Waals surface area contributed by atoms with Crippen LogP contribution in [0, 0.1) is 0 Å². The first-order valence-electron chi connectivity index (χ1n) is 8.98. The Hall–Kier alpha value is -3.41. The van der Waals surface area contributed by atoms with Crippen LogP contribution >= 0.6 is 0 Å². The first-order chi connectivity index (χ1) is 13.2. The number of carbonyl (C=O) groups is 1. The lowest BCUT2D eigenvalue weighted by molar-refractivity contribution is -0.116. The summed E-state index contributed by atoms with van der Waals surface area (Å²) in [6, 6.07) is 16.0. The number of aryl methyl sites for hydroxylation is 2. The summed E-state index contributed by atoms with van der Waals surface area (Å²) in [5, 5.41) is 11.9. The van der Waals surface area contributed by atoms with E-state index in [1.54, 1.807) is 17.2 Å². The van der Waals surface area contributed by atoms with E-state index < -0.39 is 0 Å². The summed E-state index contributed by atoms with van der Waals surface area (Å²) in [7, 11) is 2.06. The van der Waals surface area contributed by atoms with Gasteiger partial charge in [-0.2, -0.15) is 0 Å². The van der Waals surface area contributed by atoms with Gasteiger partial charge in [0, 0.05) is 36.3 Å². The molecule has 0 aliphatic rings. The molecular weight excluding hydrogens is 338 g/mol. The highest BCUT2D eigenvalue weighted by atomic mass is 16.1. The molecule has 4 rings (SSSR count). The summed E-state index contributed by atoms with van der Waals surface area (Å²) in [4.78, 5) is 12.3. The molecule has 1 amide bonds. The minimum atomic E-state index is 0.0242. The Kier molecular flexibility index (Phi) is 4.70. The van der Waals surface area contributed by atoms with Gasteiger partial charge in [0.2, 0.25) is 5.91 Å². The topological polar surface area (TPSA) is 64.7 Å². The smallest absolute Gasteiger partial charge is 0.224 e. The third-order valence-electron chi connectivity index (χ3n) is 4.68. The standard InChI is InChI=1S/C21H21N5O/c1-25-13-16(19-9-2-3-10-20(19)25)6-4-11-21(27)24-17-7-5-8-18(12-17)26-14-22-23-15-26/h2-3,5,7-10,12-15H,4,6,11H2,1H3,(H,24,27). The van der Waals surface area contributed by atoms with Crippen molar-refractivity contribution in [1.82, 2.24) is 19.3 Å². The Balaban J connectivity index is 1.35. The Morgan fingerprint density at radius 1 is 1.07 bits per heavy atom. The fourth-order valence-corrected chi connectivity index (χ4v) is 3.37. The molecule has 6 heteroatoms. The molecule has 0 saturated heterocycles. The Morgan fingerprint density at radius 2 is 1.89 bits per heavy atom. The van der Waals surface area contributed by atoms with Gasteiger partial charge in [0.05, 0.1) is 5.69 Å². The second kappa shape index (κ2) is 7.45. The van der Waals surface area contributed by atoms with E-state index in [1.807, 2.05) is 30.3 Å². The van der Waals surface area contributed by atoms with E-state index in [-0.39, 0.29) is 5.91 Å². The summed E-state index contributed by atoms with van der Waals surface area (Å²) >= 11 is 0. The molecule has 2 aromatic carbocycles. The number of rotatable bonds is 6. The Labute approximate surface area is 157 Å². The molecule has 0 aliphatic heterocycles. The predicted molar refractivity (Wildman–Crippen MR) is 106 cm³/mol. The van der Waals surface area contributed by atoms with Crippen LogP contribution in [-0.2, 0) is 18.3 Å². The number of anilines is 1. The van der Waals surface area contributed by atoms with Gasteiger partial charge in [-0.15, -0.1) is 10.2 Å². The van der Waals surface area contributed by atoms with Crippen molar-refractivity contribution in [2.75, 3.05) is 5.32 Å². The molecule has 2 heterocycles. The molecule has 2 aromatic heterocycles. The summed E-state index contributed by atoms with van der Waals surface area (Å²) in [5.41, 5.74) is 4.20. The van der Waals surface area contributed by atoms with Crippen LogP contribution in [0.4, 0.5) is 5.69 Å². The number of aromatic nitrogens is 4. The van der Waals surface area contributed by atoms with Crippen molar-refractivity contribution < 1.29 is 4.79 Å². The van der Waals surface area contributed by atoms with Crippen molar-refractivity contribution in [3.05, 3.63) is 72.9 Å². The lowest BCUT2D eigenvalue weighted by atomic mass is 10.1. The van der Waals surface area contributed by atoms with E-state index >= 15 is 0 Å². The zero-order valence-electron chi connectivity index (χ0n) is 15.2. The fraction of sp³-hybridized carbons (Fsp3) is 0.190. The first-order valence-corrected chi connectivity index (χ1v) is 8.98. The van der Waals surface area contributed by atoms with Gasteiger partial charge in [-0.05, 0) is 42.7 Å². The monoisotopic (exact) mass is 359 g/mol. The highest BCUT2D eigenvalue weighted by molar-refractivity contribution is 5.91. The van der Waals surface area contributed by atoms with E-state index in [1.165, 1.54) is 16.5 Å². The minimum Gasteiger partial charge on any atom is -0.350 e. The molecule has 0 bridgehead atoms. The highest BCUT2D eigenvalue weighted by Crippen LogP contribution is 2.22. The van der Waals surface area contributed by atoms with Gasteiger partial charge >= 0.3 is 0 Å². The van der Waals surface area contributed by atoms with Crippen LogP contribution in [0.15, 0.2) is 67.4 Å². The Bertz CT molecular complexity index is 1070. The van der Waals surface area contributed by atoms with Crippen molar-refractivity contribution in [2.24, 2.45) is 7.05 Å². The van der Waals surface area contributed by atoms with Crippen LogP contribution in [0.1, 0.15) is 18.4 Å². The maximum absolute atomic E-state index is 12.3. The zero-order valence-corrected chi connectivity index (χ0v) is 15.2. The largest absolute Gasteiger partial charge is 0.350 e. The molecule has 0 atom stereocenters. The lowest BCUT2D eigenvalue weighted by Gasteiger charge is -2.07. The maximum atomic E-state index is 12.3. The van der Waals surface area contributed by atoms with E-state index in [4.69, 9.17) is 0 Å². The molecule has 0 spiro atoms. The molecule has 136 valence electrons. The predicted octanol–water partition coefficient (Wildman–Crippen LogP) is 3.72. The van der Waals surface area contributed by atoms with E-state index in [0.717, 1.165) is 24.2 Å². The molecule has 1 N–H and O–H groups in total. The molecular formula is C21H21N5O. The third-order valence-corrected chi connectivity index (χ3v) is 4.68. The molecule has 0 unspecified atom stereocenters. The van der Waals surface area contributed by atoms with Crippen LogP contribution in [0.5, 0.6) is 0 Å². The third kappa shape index (κ3) is 3.74. The number of carbonyl (C=O) groups excluding carboxylic acids is 1. The van der Waals surface area contributed by atoms with Gasteiger partial charge < -0.3 is 9.88 Å². The van der Waals surface area contributed by atoms with Crippen LogP contribution in [-0.4, -0.2) is 25.2 Å². The number of hydrogen-bond donors (Lipinski definition) is 1. The summed E-state index contributed by atoms with van der Waals surface area (Å²) < 4.78 is 3.94. The number of hydrogen-bond acceptors (Lipinski definition) is 3. The quantitative estimate of drug-likeness (QED) is 0.571. The normalized spacial score (nSPS) is 11.0. The summed E-state index contributed by atoms with van der Waals surface area (Å²) in [6.07, 6.45) is 7.60. The van der Waals surface area contributed by atoms with Gasteiger partial charge in [-0.1, -0.05) is 24.3 Å². The zero-order chi connectivity index (χ0) is 18.6. The van der Waals surface area contributed by atoms with Crippen molar-refractivity contribution in [2.45, 2.75) is 19.3 Å². The number of nitrogens with one attached hydrogen (secondary N) is 1. The maximum Gasteiger partial charge on any atom is 0.224 e. The second-order valence-electron chi connectivity index (χ2n) is 6.60. The van der Waals surface area contributed by atoms with Gasteiger partial charge in [0.15, 0.2) is 0 Å². The molecule has 0 radical (unpaired) electrons. The summed E-state index contributed by atoms with van der Waals surface area (Å²) in [5.74, 6) is 0.0242. The Morgan fingerprint density at radius 3 is 2.74 bits per heavy atom. The molecule has 0 aliphatic carbocycles. The van der Waals surface area contributed by atoms with E-state index in [2.05, 4.69) is 51.5 Å². The number of benzene rings is 2. The number of nitrogens with zero attached hydrogens (tertiary/aromatic N) is 4. The highest BCUT2D eigenvalue weighted by Gasteiger charge is 2.08. The van der Waals surface area contributed by atoms with Crippen molar-refractivity contribution in [1.29, 1.82) is 0 Å². The van der Waals surface area contributed by atoms with Crippen LogP contribution < -0.4 is 5.32 Å². The first kappa shape index (κ1) is 17.0. The average molecular weight is 359 g/mol. The number of para-hydroxylation sites is 1. The van der Waals surface area contributed by atoms with Gasteiger partial charge in [0.25, 0.3) is 0 Å². The fourth-order valence-electron chi connectivity index (χ4n) is 3.37. The van der Waals surface area contributed by atoms with Crippen LogP contribution in [0.2, 0.25) is 0 Å². The molecule has 6 nitrogen and oxygen atoms in total. The SMILES string of the molecule is Cn1cc(CCCC(=O)Nc2cccc(-n3cnnc3)c2)c2ccccc21.